The van der Waals surface area contributed by atoms with Crippen LogP contribution >= 0.6 is 0 Å². The summed E-state index contributed by atoms with van der Waals surface area (Å²) in [5, 5.41) is 7.87. The van der Waals surface area contributed by atoms with Gasteiger partial charge in [0.05, 0.1) is 6.61 Å². The number of hydrogen-bond acceptors (Lipinski definition) is 3. The van der Waals surface area contributed by atoms with Crippen molar-refractivity contribution in [2.24, 2.45) is 0 Å². The molecule has 0 spiro atoms. The Kier molecular flexibility index (Phi) is 3.22. The van der Waals surface area contributed by atoms with Gasteiger partial charge in [0, 0.05) is 0 Å². The minimum atomic E-state index is -1.85. The fourth-order valence-corrected chi connectivity index (χ4v) is 0.126. The highest BCUT2D eigenvalue weighted by Gasteiger charge is 1.92. The van der Waals surface area contributed by atoms with Gasteiger partial charge >= 0.3 is 6.22 Å². The van der Waals surface area contributed by atoms with Gasteiger partial charge in [-0.25, -0.2) is 4.79 Å². The van der Waals surface area contributed by atoms with Crippen LogP contribution in [0.5, 0.6) is 0 Å². The zero-order valence-corrected chi connectivity index (χ0v) is 3.56. The fraction of sp³-hybridized carbons (Fsp3) is 0.667. The standard InChI is InChI=1S/C3H5FO3/c4-3(6)7-2-1-5/h5H,1-2H2. The number of carbonyl (C=O) groups is 1. The molecule has 0 heterocycles. The van der Waals surface area contributed by atoms with E-state index in [1.165, 1.54) is 0 Å². The summed E-state index contributed by atoms with van der Waals surface area (Å²) in [5.41, 5.74) is 0. The monoisotopic (exact) mass is 108 g/mol. The third-order valence-electron chi connectivity index (χ3n) is 0.307. The third-order valence-corrected chi connectivity index (χ3v) is 0.307. The number of aliphatic hydroxyl groups is 1. The van der Waals surface area contributed by atoms with Crippen molar-refractivity contribution in [2.45, 2.75) is 0 Å². The van der Waals surface area contributed by atoms with Crippen LogP contribution in [0.3, 0.4) is 0 Å². The molecule has 0 aliphatic heterocycles. The average Bonchev–Trinajstić information content (AvgIpc) is 1.61. The predicted molar refractivity (Wildman–Crippen MR) is 19.5 cm³/mol. The Bertz CT molecular complexity index is 63.2. The molecule has 0 aliphatic rings. The summed E-state index contributed by atoms with van der Waals surface area (Å²) < 4.78 is 14.6. The van der Waals surface area contributed by atoms with Crippen LogP contribution in [0.2, 0.25) is 0 Å². The molecule has 0 unspecified atom stereocenters. The highest BCUT2D eigenvalue weighted by atomic mass is 19.1. The van der Waals surface area contributed by atoms with Crippen LogP contribution in [0.25, 0.3) is 0 Å². The van der Waals surface area contributed by atoms with Gasteiger partial charge < -0.3 is 9.84 Å². The fourth-order valence-electron chi connectivity index (χ4n) is 0.126. The van der Waals surface area contributed by atoms with Gasteiger partial charge in [-0.2, -0.15) is 0 Å². The van der Waals surface area contributed by atoms with E-state index in [4.69, 9.17) is 5.11 Å². The second kappa shape index (κ2) is 3.55. The van der Waals surface area contributed by atoms with Crippen LogP contribution in [0, 0.1) is 0 Å². The second-order valence-corrected chi connectivity index (χ2v) is 0.810. The maximum Gasteiger partial charge on any atom is 0.495 e. The molecule has 0 fully saturated rings. The van der Waals surface area contributed by atoms with Crippen molar-refractivity contribution in [1.29, 1.82) is 0 Å². The Morgan fingerprint density at radius 3 is 2.57 bits per heavy atom. The molecular formula is C3H5FO3. The maximum absolute atomic E-state index is 10.9. The highest BCUT2D eigenvalue weighted by Crippen LogP contribution is 1.78. The Labute approximate surface area is 39.7 Å². The van der Waals surface area contributed by atoms with E-state index in [1.807, 2.05) is 0 Å². The maximum atomic E-state index is 10.9. The molecule has 0 atom stereocenters. The summed E-state index contributed by atoms with van der Waals surface area (Å²) in [6.45, 7) is -0.606. The predicted octanol–water partition coefficient (Wildman–Crippen LogP) is 0.0848. The molecule has 0 bridgehead atoms. The number of ether oxygens (including phenoxy) is 1. The van der Waals surface area contributed by atoms with Crippen LogP contribution in [-0.2, 0) is 4.74 Å². The first-order chi connectivity index (χ1) is 3.27. The average molecular weight is 108 g/mol. The summed E-state index contributed by atoms with van der Waals surface area (Å²) in [5.74, 6) is 0. The molecule has 1 N–H and O–H groups in total. The van der Waals surface area contributed by atoms with E-state index in [1.54, 1.807) is 0 Å². The molecule has 0 aromatic rings. The van der Waals surface area contributed by atoms with Crippen molar-refractivity contribution in [1.82, 2.24) is 0 Å². The largest absolute Gasteiger partial charge is 0.495 e. The van der Waals surface area contributed by atoms with Gasteiger partial charge in [-0.3, -0.25) is 0 Å². The molecule has 0 aliphatic carbocycles. The summed E-state index contributed by atoms with van der Waals surface area (Å²) >= 11 is 0. The topological polar surface area (TPSA) is 46.5 Å². The highest BCUT2D eigenvalue weighted by molar-refractivity contribution is 5.57. The number of carbonyl (C=O) groups excluding carboxylic acids is 1. The van der Waals surface area contributed by atoms with Crippen molar-refractivity contribution in [3.8, 4) is 0 Å². The van der Waals surface area contributed by atoms with Crippen LogP contribution in [0.15, 0.2) is 0 Å². The minimum absolute atomic E-state index is 0.269. The van der Waals surface area contributed by atoms with Crippen LogP contribution < -0.4 is 0 Å². The molecule has 42 valence electrons. The van der Waals surface area contributed by atoms with Crippen molar-refractivity contribution in [3.63, 3.8) is 0 Å². The Balaban J connectivity index is 2.82. The van der Waals surface area contributed by atoms with Gasteiger partial charge in [-0.1, -0.05) is 0 Å². The molecule has 0 saturated carbocycles. The van der Waals surface area contributed by atoms with Crippen LogP contribution in [0.4, 0.5) is 9.18 Å². The molecule has 3 nitrogen and oxygen atoms in total. The number of rotatable bonds is 2. The van der Waals surface area contributed by atoms with Crippen molar-refractivity contribution >= 4 is 6.22 Å². The van der Waals surface area contributed by atoms with E-state index in [2.05, 4.69) is 4.74 Å². The zero-order valence-electron chi connectivity index (χ0n) is 3.56. The third kappa shape index (κ3) is 5.36. The normalized spacial score (nSPS) is 8.29. The lowest BCUT2D eigenvalue weighted by atomic mass is 10.8. The summed E-state index contributed by atoms with van der Waals surface area (Å²) in [6, 6.07) is 0. The van der Waals surface area contributed by atoms with Gasteiger partial charge in [0.25, 0.3) is 0 Å². The van der Waals surface area contributed by atoms with E-state index in [9.17, 15) is 9.18 Å². The summed E-state index contributed by atoms with van der Waals surface area (Å²) in [6.07, 6.45) is -1.85. The Morgan fingerprint density at radius 1 is 1.86 bits per heavy atom. The molecule has 0 rings (SSSR count). The Hall–Kier alpha value is -0.640. The SMILES string of the molecule is O=C(F)OCCO. The lowest BCUT2D eigenvalue weighted by Gasteiger charge is -1.89. The van der Waals surface area contributed by atoms with E-state index < -0.39 is 6.22 Å². The van der Waals surface area contributed by atoms with E-state index in [-0.39, 0.29) is 13.2 Å². The zero-order chi connectivity index (χ0) is 5.70. The first kappa shape index (κ1) is 6.36. The molecule has 0 aromatic heterocycles. The second-order valence-electron chi connectivity index (χ2n) is 0.810. The van der Waals surface area contributed by atoms with Gasteiger partial charge in [0.1, 0.15) is 6.61 Å². The van der Waals surface area contributed by atoms with E-state index in [0.717, 1.165) is 0 Å². The minimum Gasteiger partial charge on any atom is -0.438 e. The molecule has 0 radical (unpaired) electrons. The molecule has 7 heavy (non-hydrogen) atoms. The molecular weight excluding hydrogens is 103 g/mol. The first-order valence-corrected chi connectivity index (χ1v) is 1.70. The molecule has 0 aromatic carbocycles. The van der Waals surface area contributed by atoms with Gasteiger partial charge in [0.2, 0.25) is 0 Å². The van der Waals surface area contributed by atoms with Crippen LogP contribution in [0.1, 0.15) is 0 Å². The molecule has 4 heteroatoms. The molecule has 0 saturated heterocycles. The molecule has 0 amide bonds. The number of hydrogen-bond donors (Lipinski definition) is 1. The number of halogens is 1. The van der Waals surface area contributed by atoms with Crippen molar-refractivity contribution < 1.29 is 19.0 Å². The first-order valence-electron chi connectivity index (χ1n) is 1.70. The van der Waals surface area contributed by atoms with Gasteiger partial charge in [0.15, 0.2) is 0 Å². The van der Waals surface area contributed by atoms with Crippen molar-refractivity contribution in [3.05, 3.63) is 0 Å². The smallest absolute Gasteiger partial charge is 0.438 e. The lowest BCUT2D eigenvalue weighted by Crippen LogP contribution is -2.00. The van der Waals surface area contributed by atoms with Crippen molar-refractivity contribution in [2.75, 3.05) is 13.2 Å². The summed E-state index contributed by atoms with van der Waals surface area (Å²) in [4.78, 5) is 9.20. The quantitative estimate of drug-likeness (QED) is 0.509. The Morgan fingerprint density at radius 2 is 2.43 bits per heavy atom. The van der Waals surface area contributed by atoms with E-state index >= 15 is 0 Å². The lowest BCUT2D eigenvalue weighted by molar-refractivity contribution is 0.0984. The van der Waals surface area contributed by atoms with Gasteiger partial charge in [-0.15, -0.1) is 4.39 Å². The van der Waals surface area contributed by atoms with Gasteiger partial charge in [-0.05, 0) is 0 Å². The van der Waals surface area contributed by atoms with Crippen LogP contribution in [-0.4, -0.2) is 24.5 Å². The number of aliphatic hydroxyl groups excluding tert-OH is 1. The van der Waals surface area contributed by atoms with E-state index in [0.29, 0.717) is 0 Å². The summed E-state index contributed by atoms with van der Waals surface area (Å²) in [7, 11) is 0.